The predicted octanol–water partition coefficient (Wildman–Crippen LogP) is 1.88. The van der Waals surface area contributed by atoms with Gasteiger partial charge in [0.1, 0.15) is 0 Å². The summed E-state index contributed by atoms with van der Waals surface area (Å²) in [6, 6.07) is 13.4. The maximum absolute atomic E-state index is 12.2. The van der Waals surface area contributed by atoms with Gasteiger partial charge >= 0.3 is 8.03 Å². The molecule has 1 N–H and O–H groups in total. The molecule has 2 aromatic rings. The Morgan fingerprint density at radius 2 is 1.33 bits per heavy atom. The van der Waals surface area contributed by atoms with Crippen molar-refractivity contribution >= 4 is 23.2 Å². The van der Waals surface area contributed by atoms with E-state index in [1.165, 1.54) is 36.4 Å². The van der Waals surface area contributed by atoms with E-state index in [1.807, 2.05) is 0 Å². The molecule has 0 saturated heterocycles. The first-order valence-corrected chi connectivity index (χ1v) is 7.78. The van der Waals surface area contributed by atoms with Crippen LogP contribution < -0.4 is 5.30 Å². The lowest BCUT2D eigenvalue weighted by atomic mass is 10.4. The molecular weight excluding hydrogens is 271 g/mol. The van der Waals surface area contributed by atoms with Gasteiger partial charge in [-0.05, 0) is 41.0 Å². The molecule has 0 aliphatic rings. The Labute approximate surface area is 106 Å². The summed E-state index contributed by atoms with van der Waals surface area (Å²) in [7, 11) is -6.00. The van der Waals surface area contributed by atoms with Crippen LogP contribution in [0.3, 0.4) is 0 Å². The highest BCUT2D eigenvalue weighted by atomic mass is 32.2. The fraction of sp³-hybridized carbons (Fsp3) is 0. The van der Waals surface area contributed by atoms with Crippen molar-refractivity contribution in [2.24, 2.45) is 0 Å². The van der Waals surface area contributed by atoms with Gasteiger partial charge in [-0.1, -0.05) is 18.2 Å². The van der Waals surface area contributed by atoms with Crippen LogP contribution in [0.1, 0.15) is 0 Å². The van der Waals surface area contributed by atoms with Crippen LogP contribution in [0.25, 0.3) is 0 Å². The quantitative estimate of drug-likeness (QED) is 0.872. The van der Waals surface area contributed by atoms with Crippen molar-refractivity contribution in [1.82, 2.24) is 0 Å². The largest absolute Gasteiger partial charge is 0.546 e. The lowest BCUT2D eigenvalue weighted by Gasteiger charge is -2.03. The number of benzene rings is 2. The Bertz CT molecular complexity index is 663. The smallest absolute Gasteiger partial charge is 0.219 e. The van der Waals surface area contributed by atoms with Crippen LogP contribution in [0.2, 0.25) is 0 Å². The van der Waals surface area contributed by atoms with Crippen molar-refractivity contribution in [1.29, 1.82) is 0 Å². The molecule has 0 saturated carbocycles. The summed E-state index contributed by atoms with van der Waals surface area (Å²) in [6.45, 7) is 0. The number of hydrogen-bond acceptors (Lipinski definition) is 3. The zero-order valence-electron chi connectivity index (χ0n) is 9.22. The van der Waals surface area contributed by atoms with E-state index in [4.69, 9.17) is 4.89 Å². The molecule has 1 atom stereocenters. The molecule has 0 heterocycles. The average Bonchev–Trinajstić information content (AvgIpc) is 2.40. The van der Waals surface area contributed by atoms with Gasteiger partial charge < -0.3 is 0 Å². The third-order valence-corrected chi connectivity index (χ3v) is 4.95. The maximum Gasteiger partial charge on any atom is 0.546 e. The minimum atomic E-state index is -3.56. The third kappa shape index (κ3) is 2.48. The van der Waals surface area contributed by atoms with Crippen LogP contribution in [0.15, 0.2) is 64.4 Å². The number of rotatable bonds is 3. The number of hydrogen-bond donors (Lipinski definition) is 1. The minimum Gasteiger partial charge on any atom is -0.219 e. The Morgan fingerprint density at radius 3 is 1.83 bits per heavy atom. The second kappa shape index (κ2) is 4.98. The highest BCUT2D eigenvalue weighted by Crippen LogP contribution is 2.21. The molecule has 1 unspecified atom stereocenters. The Morgan fingerprint density at radius 1 is 0.833 bits per heavy atom. The molecule has 0 fully saturated rings. The first-order valence-electron chi connectivity index (χ1n) is 5.08. The van der Waals surface area contributed by atoms with Crippen molar-refractivity contribution < 1.29 is 17.9 Å². The van der Waals surface area contributed by atoms with E-state index < -0.39 is 17.9 Å². The Kier molecular flexibility index (Phi) is 3.57. The van der Waals surface area contributed by atoms with Crippen molar-refractivity contribution in [2.45, 2.75) is 9.79 Å². The van der Waals surface area contributed by atoms with E-state index in [-0.39, 0.29) is 15.1 Å². The molecule has 0 aromatic heterocycles. The first-order chi connectivity index (χ1) is 8.51. The van der Waals surface area contributed by atoms with E-state index in [9.17, 15) is 13.0 Å². The van der Waals surface area contributed by atoms with Gasteiger partial charge in [0.15, 0.2) is 0 Å². The van der Waals surface area contributed by atoms with Crippen LogP contribution in [-0.2, 0) is 14.4 Å². The van der Waals surface area contributed by atoms with Gasteiger partial charge in [0.25, 0.3) is 0 Å². The SMILES string of the molecule is O=[P+](O)c1ccc(S(=O)(=O)c2ccccc2)cc1. The normalized spacial score (nSPS) is 12.2. The lowest BCUT2D eigenvalue weighted by Crippen LogP contribution is -2.04. The van der Waals surface area contributed by atoms with Crippen LogP contribution in [0.4, 0.5) is 0 Å². The van der Waals surface area contributed by atoms with E-state index >= 15 is 0 Å². The molecule has 0 amide bonds. The van der Waals surface area contributed by atoms with Gasteiger partial charge in [-0.25, -0.2) is 8.42 Å². The summed E-state index contributed by atoms with van der Waals surface area (Å²) >= 11 is 0. The fourth-order valence-electron chi connectivity index (χ4n) is 1.49. The van der Waals surface area contributed by atoms with Crippen molar-refractivity contribution in [3.8, 4) is 0 Å². The van der Waals surface area contributed by atoms with Crippen molar-refractivity contribution in [3.63, 3.8) is 0 Å². The van der Waals surface area contributed by atoms with E-state index in [2.05, 4.69) is 0 Å². The standard InChI is InChI=1S/C12H9O4PS/c13-17(14)10-6-8-12(9-7-10)18(15,16)11-4-2-1-3-5-11/h1-9H/p+1. The van der Waals surface area contributed by atoms with E-state index in [0.717, 1.165) is 0 Å². The monoisotopic (exact) mass is 281 g/mol. The highest BCUT2D eigenvalue weighted by Gasteiger charge is 2.20. The molecule has 0 spiro atoms. The summed E-state index contributed by atoms with van der Waals surface area (Å²) in [4.78, 5) is 9.20. The van der Waals surface area contributed by atoms with Gasteiger partial charge in [0.05, 0.1) is 9.79 Å². The van der Waals surface area contributed by atoms with Crippen molar-refractivity contribution in [2.75, 3.05) is 0 Å². The molecule has 4 nitrogen and oxygen atoms in total. The van der Waals surface area contributed by atoms with Gasteiger partial charge in [-0.15, -0.1) is 0 Å². The van der Waals surface area contributed by atoms with Gasteiger partial charge in [0, 0.05) is 0 Å². The van der Waals surface area contributed by atoms with Crippen LogP contribution in [0.5, 0.6) is 0 Å². The van der Waals surface area contributed by atoms with Crippen molar-refractivity contribution in [3.05, 3.63) is 54.6 Å². The Balaban J connectivity index is 2.46. The van der Waals surface area contributed by atoms with Crippen LogP contribution in [0, 0.1) is 0 Å². The number of sulfone groups is 1. The van der Waals surface area contributed by atoms with Crippen LogP contribution in [-0.4, -0.2) is 13.3 Å². The first kappa shape index (κ1) is 12.9. The summed E-state index contributed by atoms with van der Waals surface area (Å²) in [5.41, 5.74) is 0. The molecule has 18 heavy (non-hydrogen) atoms. The van der Waals surface area contributed by atoms with E-state index in [1.54, 1.807) is 18.2 Å². The fourth-order valence-corrected chi connectivity index (χ4v) is 3.17. The molecular formula is C12H10O4PS+. The molecule has 0 aliphatic heterocycles. The van der Waals surface area contributed by atoms with Crippen LogP contribution >= 0.6 is 8.03 Å². The van der Waals surface area contributed by atoms with Gasteiger partial charge in [-0.2, -0.15) is 4.89 Å². The summed E-state index contributed by atoms with van der Waals surface area (Å²) in [5.74, 6) is 0. The molecule has 0 radical (unpaired) electrons. The van der Waals surface area contributed by atoms with Gasteiger partial charge in [0.2, 0.25) is 15.1 Å². The van der Waals surface area contributed by atoms with E-state index in [0.29, 0.717) is 0 Å². The molecule has 2 rings (SSSR count). The zero-order valence-corrected chi connectivity index (χ0v) is 10.9. The zero-order chi connectivity index (χ0) is 13.2. The summed E-state index contributed by atoms with van der Waals surface area (Å²) < 4.78 is 35.2. The highest BCUT2D eigenvalue weighted by molar-refractivity contribution is 7.91. The second-order valence-corrected chi connectivity index (χ2v) is 6.60. The van der Waals surface area contributed by atoms with Gasteiger partial charge in [-0.3, -0.25) is 0 Å². The lowest BCUT2D eigenvalue weighted by molar-refractivity contribution is 0.513. The molecule has 2 aromatic carbocycles. The molecule has 0 bridgehead atoms. The molecule has 92 valence electrons. The topological polar surface area (TPSA) is 71.4 Å². The molecule has 0 aliphatic carbocycles. The summed E-state index contributed by atoms with van der Waals surface area (Å²) in [6.07, 6.45) is 0. The maximum atomic E-state index is 12.2. The predicted molar refractivity (Wildman–Crippen MR) is 67.8 cm³/mol. The second-order valence-electron chi connectivity index (χ2n) is 3.58. The molecule has 6 heteroatoms. The average molecular weight is 281 g/mol. The third-order valence-electron chi connectivity index (χ3n) is 2.42. The Hall–Kier alpha value is -1.55. The minimum absolute atomic E-state index is 0.106. The summed E-state index contributed by atoms with van der Waals surface area (Å²) in [5, 5.41) is 0.206.